The van der Waals surface area contributed by atoms with E-state index in [-0.39, 0.29) is 44.2 Å². The predicted molar refractivity (Wildman–Crippen MR) is 57.2 cm³/mol. The molecule has 0 N–H and O–H groups in total. The van der Waals surface area contributed by atoms with Crippen LogP contribution in [-0.2, 0) is 0 Å². The molecule has 1 heterocycles. The summed E-state index contributed by atoms with van der Waals surface area (Å²) in [7, 11) is 0. The van der Waals surface area contributed by atoms with Crippen LogP contribution < -0.4 is 0 Å². The van der Waals surface area contributed by atoms with Crippen molar-refractivity contribution in [3.8, 4) is 11.4 Å². The Morgan fingerprint density at radius 2 is 1.94 bits per heavy atom. The molecule has 80 valence electrons. The fourth-order valence-corrected chi connectivity index (χ4v) is 1.40. The normalized spacial score (nSPS) is 8.75. The SMILES string of the molecule is O=[N+]([O-])c1ccc(-c2n[c-]sn2)cc1.[CH3-].[U+2]. The average Bonchev–Trinajstić information content (AvgIpc) is 2.71. The summed E-state index contributed by atoms with van der Waals surface area (Å²) in [6.07, 6.45) is 0. The van der Waals surface area contributed by atoms with Gasteiger partial charge in [0.05, 0.1) is 4.92 Å². The Morgan fingerprint density at radius 3 is 2.38 bits per heavy atom. The number of rotatable bonds is 2. The molecule has 1 aromatic heterocycles. The topological polar surface area (TPSA) is 68.9 Å². The van der Waals surface area contributed by atoms with E-state index in [0.717, 1.165) is 17.1 Å². The molecule has 7 heteroatoms. The smallest absolute Gasteiger partial charge is 0.422 e. The quantitative estimate of drug-likeness (QED) is 0.393. The van der Waals surface area contributed by atoms with Gasteiger partial charge < -0.3 is 12.4 Å². The third-order valence-electron chi connectivity index (χ3n) is 1.66. The van der Waals surface area contributed by atoms with E-state index in [0.29, 0.717) is 5.82 Å². The summed E-state index contributed by atoms with van der Waals surface area (Å²) >= 11 is 1.12. The van der Waals surface area contributed by atoms with Gasteiger partial charge in [0.15, 0.2) is 0 Å². The molecule has 0 amide bonds. The Morgan fingerprint density at radius 1 is 1.31 bits per heavy atom. The van der Waals surface area contributed by atoms with E-state index in [1.807, 2.05) is 0 Å². The molecule has 0 fully saturated rings. The minimum Gasteiger partial charge on any atom is -0.422 e. The summed E-state index contributed by atoms with van der Waals surface area (Å²) in [5, 5.41) is 10.4. The molecule has 0 saturated heterocycles. The largest absolute Gasteiger partial charge is 2.00 e. The first-order valence-corrected chi connectivity index (χ1v) is 4.49. The van der Waals surface area contributed by atoms with E-state index in [1.54, 1.807) is 12.1 Å². The molecular weight excluding hydrogens is 452 g/mol. The first-order valence-electron chi connectivity index (χ1n) is 3.72. The van der Waals surface area contributed by atoms with Gasteiger partial charge in [0, 0.05) is 18.0 Å². The number of hydrogen-bond donors (Lipinski definition) is 0. The van der Waals surface area contributed by atoms with Crippen molar-refractivity contribution in [2.45, 2.75) is 0 Å². The van der Waals surface area contributed by atoms with E-state index < -0.39 is 4.92 Å². The molecule has 16 heavy (non-hydrogen) atoms. The molecule has 2 rings (SSSR count). The number of nitrogens with zero attached hydrogens (tertiary/aromatic N) is 3. The third kappa shape index (κ3) is 3.37. The molecule has 0 aliphatic rings. The second-order valence-electron chi connectivity index (χ2n) is 2.51. The van der Waals surface area contributed by atoms with Gasteiger partial charge in [0.2, 0.25) is 0 Å². The van der Waals surface area contributed by atoms with E-state index in [9.17, 15) is 10.1 Å². The first kappa shape index (κ1) is 15.2. The first-order chi connectivity index (χ1) is 6.77. The van der Waals surface area contributed by atoms with E-state index in [1.165, 1.54) is 12.1 Å². The van der Waals surface area contributed by atoms with Gasteiger partial charge in [-0.15, -0.1) is 0 Å². The standard InChI is InChI=1S/C8H4N3O2S.CH3.U/c12-11(13)7-3-1-6(2-4-7)8-9-5-14-10-8;;/h1-4H;1H3;/q2*-1;+2. The zero-order valence-electron chi connectivity index (χ0n) is 8.38. The second-order valence-corrected chi connectivity index (χ2v) is 3.06. The van der Waals surface area contributed by atoms with Gasteiger partial charge in [-0.1, -0.05) is 23.2 Å². The van der Waals surface area contributed by atoms with Crippen molar-refractivity contribution in [1.29, 1.82) is 0 Å². The molecule has 0 radical (unpaired) electrons. The van der Waals surface area contributed by atoms with Crippen molar-refractivity contribution in [2.24, 2.45) is 0 Å². The molecule has 5 nitrogen and oxygen atoms in total. The second kappa shape index (κ2) is 6.74. The van der Waals surface area contributed by atoms with Crippen LogP contribution in [0.5, 0.6) is 0 Å². The summed E-state index contributed by atoms with van der Waals surface area (Å²) in [5.74, 6) is 0.546. The zero-order chi connectivity index (χ0) is 9.97. The minimum absolute atomic E-state index is 0. The van der Waals surface area contributed by atoms with Crippen molar-refractivity contribution in [2.75, 3.05) is 0 Å². The Labute approximate surface area is 121 Å². The number of nitro groups is 1. The van der Waals surface area contributed by atoms with E-state index in [2.05, 4.69) is 14.9 Å². The molecule has 0 unspecified atom stereocenters. The van der Waals surface area contributed by atoms with Crippen molar-refractivity contribution in [1.82, 2.24) is 9.36 Å². The molecule has 0 saturated carbocycles. The Kier molecular flexibility index (Phi) is 6.41. The van der Waals surface area contributed by atoms with Crippen molar-refractivity contribution >= 4 is 17.2 Å². The van der Waals surface area contributed by atoms with Gasteiger partial charge in [0.1, 0.15) is 0 Å². The maximum atomic E-state index is 10.4. The van der Waals surface area contributed by atoms with Gasteiger partial charge in [-0.25, -0.2) is 0 Å². The Bertz CT molecular complexity index is 444. The van der Waals surface area contributed by atoms with Crippen LogP contribution in [0.3, 0.4) is 0 Å². The van der Waals surface area contributed by atoms with Crippen molar-refractivity contribution in [3.63, 3.8) is 0 Å². The van der Waals surface area contributed by atoms with Crippen LogP contribution in [-0.4, -0.2) is 14.3 Å². The van der Waals surface area contributed by atoms with Crippen LogP contribution >= 0.6 is 11.5 Å². The molecule has 2 aromatic rings. The Balaban J connectivity index is 0.00000112. The third-order valence-corrected chi connectivity index (χ3v) is 2.10. The molecule has 0 atom stereocenters. The van der Waals surface area contributed by atoms with Gasteiger partial charge >= 0.3 is 31.1 Å². The van der Waals surface area contributed by atoms with Gasteiger partial charge in [-0.3, -0.25) is 14.5 Å². The number of hydrogen-bond acceptors (Lipinski definition) is 5. The Hall–Kier alpha value is -0.768. The van der Waals surface area contributed by atoms with Crippen molar-refractivity contribution < 1.29 is 36.0 Å². The van der Waals surface area contributed by atoms with Gasteiger partial charge in [0.25, 0.3) is 5.69 Å². The van der Waals surface area contributed by atoms with Crippen LogP contribution in [0.2, 0.25) is 0 Å². The summed E-state index contributed by atoms with van der Waals surface area (Å²) in [6, 6.07) is 6.09. The molecule has 0 aliphatic heterocycles. The average molecular weight is 459 g/mol. The maximum absolute atomic E-state index is 10.4. The number of non-ortho nitro benzene ring substituents is 1. The fourth-order valence-electron chi connectivity index (χ4n) is 0.997. The van der Waals surface area contributed by atoms with Crippen LogP contribution in [0, 0.1) is 54.2 Å². The zero-order valence-corrected chi connectivity index (χ0v) is 13.4. The van der Waals surface area contributed by atoms with E-state index in [4.69, 9.17) is 0 Å². The monoisotopic (exact) mass is 459 g/mol. The molecule has 1 aromatic carbocycles. The molecular formula is C9H7N3O2SU. The van der Waals surface area contributed by atoms with E-state index >= 15 is 0 Å². The van der Waals surface area contributed by atoms with Crippen LogP contribution in [0.15, 0.2) is 24.3 Å². The predicted octanol–water partition coefficient (Wildman–Crippen LogP) is 2.36. The van der Waals surface area contributed by atoms with Gasteiger partial charge in [-0.2, -0.15) is 11.5 Å². The van der Waals surface area contributed by atoms with Crippen LogP contribution in [0.25, 0.3) is 11.4 Å². The minimum atomic E-state index is -0.440. The fraction of sp³-hybridized carbons (Fsp3) is 0. The van der Waals surface area contributed by atoms with Gasteiger partial charge in [-0.05, 0) is 0 Å². The summed E-state index contributed by atoms with van der Waals surface area (Å²) in [5.41, 5.74) is 3.43. The summed E-state index contributed by atoms with van der Waals surface area (Å²) in [6.45, 7) is 0. The van der Waals surface area contributed by atoms with Crippen molar-refractivity contribution in [3.05, 3.63) is 47.3 Å². The summed E-state index contributed by atoms with van der Waals surface area (Å²) < 4.78 is 3.97. The molecule has 0 spiro atoms. The number of nitro benzene ring substituents is 1. The summed E-state index contributed by atoms with van der Waals surface area (Å²) in [4.78, 5) is 13.8. The number of benzene rings is 1. The molecule has 0 aliphatic carbocycles. The number of aromatic nitrogens is 2. The van der Waals surface area contributed by atoms with Crippen LogP contribution in [0.1, 0.15) is 0 Å². The van der Waals surface area contributed by atoms with Crippen LogP contribution in [0.4, 0.5) is 5.69 Å². The molecule has 0 bridgehead atoms. The maximum Gasteiger partial charge on any atom is 2.00 e.